The molecule has 1 rings (SSSR count). The van der Waals surface area contributed by atoms with E-state index in [0.29, 0.717) is 12.2 Å². The SMILES string of the molecule is CCN(CC)CCCNC(=O)Nc1cncc(C(=O)O)c1. The molecule has 7 nitrogen and oxygen atoms in total. The minimum Gasteiger partial charge on any atom is -0.478 e. The number of carboxylic acid groups (broad SMARTS) is 1. The molecule has 0 aliphatic carbocycles. The van der Waals surface area contributed by atoms with E-state index in [1.165, 1.54) is 18.5 Å². The number of anilines is 1. The molecule has 0 fully saturated rings. The molecule has 1 aromatic heterocycles. The number of aromatic nitrogens is 1. The molecule has 1 heterocycles. The zero-order valence-corrected chi connectivity index (χ0v) is 12.4. The van der Waals surface area contributed by atoms with E-state index in [1.807, 2.05) is 0 Å². The van der Waals surface area contributed by atoms with Gasteiger partial charge in [0, 0.05) is 12.7 Å². The number of urea groups is 1. The molecule has 7 heteroatoms. The van der Waals surface area contributed by atoms with E-state index in [-0.39, 0.29) is 11.6 Å². The summed E-state index contributed by atoms with van der Waals surface area (Å²) in [7, 11) is 0. The third kappa shape index (κ3) is 6.22. The minimum absolute atomic E-state index is 0.0364. The smallest absolute Gasteiger partial charge is 0.337 e. The van der Waals surface area contributed by atoms with Crippen molar-refractivity contribution in [2.24, 2.45) is 0 Å². The van der Waals surface area contributed by atoms with E-state index in [2.05, 4.69) is 34.4 Å². The first-order chi connectivity index (χ1) is 10.1. The van der Waals surface area contributed by atoms with E-state index in [1.54, 1.807) is 0 Å². The van der Waals surface area contributed by atoms with Gasteiger partial charge in [0.25, 0.3) is 0 Å². The van der Waals surface area contributed by atoms with Gasteiger partial charge in [-0.15, -0.1) is 0 Å². The first kappa shape index (κ1) is 16.9. The molecule has 0 radical (unpaired) electrons. The molecular weight excluding hydrogens is 272 g/mol. The summed E-state index contributed by atoms with van der Waals surface area (Å²) in [6, 6.07) is 1.00. The Morgan fingerprint density at radius 3 is 2.62 bits per heavy atom. The average molecular weight is 294 g/mol. The van der Waals surface area contributed by atoms with Gasteiger partial charge < -0.3 is 20.6 Å². The van der Waals surface area contributed by atoms with Crippen molar-refractivity contribution in [3.8, 4) is 0 Å². The number of nitrogens with one attached hydrogen (secondary N) is 2. The van der Waals surface area contributed by atoms with Crippen LogP contribution in [0, 0.1) is 0 Å². The summed E-state index contributed by atoms with van der Waals surface area (Å²) in [5.74, 6) is -1.08. The quantitative estimate of drug-likeness (QED) is 0.633. The van der Waals surface area contributed by atoms with Crippen LogP contribution in [0.4, 0.5) is 10.5 Å². The fraction of sp³-hybridized carbons (Fsp3) is 0.500. The molecule has 1 aromatic rings. The molecule has 0 saturated heterocycles. The maximum atomic E-state index is 11.7. The van der Waals surface area contributed by atoms with Gasteiger partial charge in [0.05, 0.1) is 17.4 Å². The topological polar surface area (TPSA) is 94.6 Å². The molecule has 116 valence electrons. The van der Waals surface area contributed by atoms with Crippen LogP contribution < -0.4 is 10.6 Å². The van der Waals surface area contributed by atoms with Crippen LogP contribution >= 0.6 is 0 Å². The Hall–Kier alpha value is -2.15. The molecule has 0 aliphatic heterocycles. The van der Waals surface area contributed by atoms with Crippen LogP contribution in [0.1, 0.15) is 30.6 Å². The van der Waals surface area contributed by atoms with E-state index in [4.69, 9.17) is 5.11 Å². The maximum absolute atomic E-state index is 11.7. The van der Waals surface area contributed by atoms with Gasteiger partial charge in [-0.25, -0.2) is 9.59 Å². The highest BCUT2D eigenvalue weighted by Gasteiger charge is 2.06. The molecule has 0 atom stereocenters. The third-order valence-electron chi connectivity index (χ3n) is 3.07. The number of carbonyl (C=O) groups excluding carboxylic acids is 1. The van der Waals surface area contributed by atoms with Gasteiger partial charge in [-0.05, 0) is 32.1 Å². The number of rotatable bonds is 8. The number of carbonyl (C=O) groups is 2. The predicted octanol–water partition coefficient (Wildman–Crippen LogP) is 1.63. The van der Waals surface area contributed by atoms with Crippen molar-refractivity contribution in [3.05, 3.63) is 24.0 Å². The number of pyridine rings is 1. The Morgan fingerprint density at radius 2 is 2.00 bits per heavy atom. The highest BCUT2D eigenvalue weighted by atomic mass is 16.4. The van der Waals surface area contributed by atoms with Gasteiger partial charge in [0.2, 0.25) is 0 Å². The molecule has 0 unspecified atom stereocenters. The Labute approximate surface area is 124 Å². The van der Waals surface area contributed by atoms with Gasteiger partial charge in [-0.2, -0.15) is 0 Å². The molecule has 0 aromatic carbocycles. The lowest BCUT2D eigenvalue weighted by atomic mass is 10.2. The van der Waals surface area contributed by atoms with Gasteiger partial charge in [-0.1, -0.05) is 13.8 Å². The number of amides is 2. The summed E-state index contributed by atoms with van der Waals surface area (Å²) in [6.45, 7) is 7.70. The zero-order valence-electron chi connectivity index (χ0n) is 12.4. The van der Waals surface area contributed by atoms with Gasteiger partial charge >= 0.3 is 12.0 Å². The standard InChI is InChI=1S/C14H22N4O3/c1-3-18(4-2)7-5-6-16-14(21)17-12-8-11(13(19)20)9-15-10-12/h8-10H,3-7H2,1-2H3,(H,19,20)(H2,16,17,21). The number of nitrogens with zero attached hydrogens (tertiary/aromatic N) is 2. The van der Waals surface area contributed by atoms with Crippen molar-refractivity contribution < 1.29 is 14.7 Å². The van der Waals surface area contributed by atoms with Crippen LogP contribution in [0.2, 0.25) is 0 Å². The summed E-state index contributed by atoms with van der Waals surface area (Å²) in [4.78, 5) is 28.5. The Kier molecular flexibility index (Phi) is 7.17. The number of hydrogen-bond acceptors (Lipinski definition) is 4. The van der Waals surface area contributed by atoms with Crippen molar-refractivity contribution in [1.29, 1.82) is 0 Å². The van der Waals surface area contributed by atoms with Crippen LogP contribution in [0.3, 0.4) is 0 Å². The highest BCUT2D eigenvalue weighted by Crippen LogP contribution is 2.07. The number of carboxylic acids is 1. The van der Waals surface area contributed by atoms with E-state index >= 15 is 0 Å². The summed E-state index contributed by atoms with van der Waals surface area (Å²) >= 11 is 0. The molecule has 0 spiro atoms. The van der Waals surface area contributed by atoms with E-state index in [9.17, 15) is 9.59 Å². The fourth-order valence-corrected chi connectivity index (χ4v) is 1.84. The van der Waals surface area contributed by atoms with Gasteiger partial charge in [-0.3, -0.25) is 4.98 Å². The van der Waals surface area contributed by atoms with Crippen LogP contribution in [0.15, 0.2) is 18.5 Å². The normalized spacial score (nSPS) is 10.4. The number of hydrogen-bond donors (Lipinski definition) is 3. The first-order valence-electron chi connectivity index (χ1n) is 7.02. The summed E-state index contributed by atoms with van der Waals surface area (Å²) in [5, 5.41) is 14.1. The Morgan fingerprint density at radius 1 is 1.29 bits per heavy atom. The lowest BCUT2D eigenvalue weighted by Gasteiger charge is -2.17. The van der Waals surface area contributed by atoms with E-state index in [0.717, 1.165) is 26.1 Å². The Bertz CT molecular complexity index is 475. The first-order valence-corrected chi connectivity index (χ1v) is 7.02. The van der Waals surface area contributed by atoms with Crippen molar-refractivity contribution in [1.82, 2.24) is 15.2 Å². The molecule has 3 N–H and O–H groups in total. The predicted molar refractivity (Wildman–Crippen MR) is 80.6 cm³/mol. The summed E-state index contributed by atoms with van der Waals surface area (Å²) < 4.78 is 0. The van der Waals surface area contributed by atoms with Crippen molar-refractivity contribution in [2.45, 2.75) is 20.3 Å². The van der Waals surface area contributed by atoms with Crippen LogP contribution in [0.25, 0.3) is 0 Å². The highest BCUT2D eigenvalue weighted by molar-refractivity contribution is 5.92. The summed E-state index contributed by atoms with van der Waals surface area (Å²) in [6.07, 6.45) is 3.50. The summed E-state index contributed by atoms with van der Waals surface area (Å²) in [5.41, 5.74) is 0.394. The lowest BCUT2D eigenvalue weighted by Crippen LogP contribution is -2.32. The monoisotopic (exact) mass is 294 g/mol. The third-order valence-corrected chi connectivity index (χ3v) is 3.07. The van der Waals surface area contributed by atoms with Crippen LogP contribution in [-0.4, -0.2) is 53.2 Å². The van der Waals surface area contributed by atoms with Gasteiger partial charge in [0.1, 0.15) is 0 Å². The minimum atomic E-state index is -1.08. The molecule has 0 saturated carbocycles. The molecule has 0 aliphatic rings. The molecule has 2 amide bonds. The second kappa shape index (κ2) is 8.91. The second-order valence-corrected chi connectivity index (χ2v) is 4.53. The second-order valence-electron chi connectivity index (χ2n) is 4.53. The molecular formula is C14H22N4O3. The van der Waals surface area contributed by atoms with Crippen LogP contribution in [-0.2, 0) is 0 Å². The van der Waals surface area contributed by atoms with Crippen molar-refractivity contribution in [3.63, 3.8) is 0 Å². The van der Waals surface area contributed by atoms with Gasteiger partial charge in [0.15, 0.2) is 0 Å². The largest absolute Gasteiger partial charge is 0.478 e. The Balaban J connectivity index is 2.34. The fourth-order valence-electron chi connectivity index (χ4n) is 1.84. The molecule has 0 bridgehead atoms. The average Bonchev–Trinajstić information content (AvgIpc) is 2.47. The van der Waals surface area contributed by atoms with Crippen LogP contribution in [0.5, 0.6) is 0 Å². The zero-order chi connectivity index (χ0) is 15.7. The lowest BCUT2D eigenvalue weighted by molar-refractivity contribution is 0.0696. The van der Waals surface area contributed by atoms with Crippen molar-refractivity contribution in [2.75, 3.05) is 31.5 Å². The maximum Gasteiger partial charge on any atom is 0.337 e. The number of aromatic carboxylic acids is 1. The van der Waals surface area contributed by atoms with Crippen molar-refractivity contribution >= 4 is 17.7 Å². The van der Waals surface area contributed by atoms with E-state index < -0.39 is 5.97 Å². The molecule has 21 heavy (non-hydrogen) atoms.